The first-order valence-corrected chi connectivity index (χ1v) is 34.5. The van der Waals surface area contributed by atoms with Crippen LogP contribution in [0.5, 0.6) is 0 Å². The summed E-state index contributed by atoms with van der Waals surface area (Å²) in [6.07, 6.45) is 34.9. The van der Waals surface area contributed by atoms with Gasteiger partial charge in [-0.05, 0) is 57.8 Å². The number of carbonyl (C=O) groups excluding carboxylic acids is 1. The third kappa shape index (κ3) is 32.9. The van der Waals surface area contributed by atoms with Crippen molar-refractivity contribution >= 4 is 5.91 Å². The van der Waals surface area contributed by atoms with Crippen LogP contribution in [-0.2, 0) is 33.2 Å². The molecule has 19 nitrogen and oxygen atoms in total. The predicted octanol–water partition coefficient (Wildman–Crippen LogP) is 8.77. The molecule has 0 aromatic rings. The normalized spacial score (nSPS) is 28.8. The Morgan fingerprint density at radius 2 is 0.784 bits per heavy atom. The van der Waals surface area contributed by atoms with Crippen LogP contribution in [0.4, 0.5) is 0 Å². The van der Waals surface area contributed by atoms with Crippen LogP contribution < -0.4 is 5.32 Å². The predicted molar refractivity (Wildman–Crippen MR) is 342 cm³/mol. The minimum absolute atomic E-state index is 0.213. The third-order valence-electron chi connectivity index (χ3n) is 17.1. The number of rotatable bonds is 52. The Kier molecular flexibility index (Phi) is 46.2. The summed E-state index contributed by atoms with van der Waals surface area (Å²) in [6.45, 7) is 1.61. The van der Waals surface area contributed by atoms with Gasteiger partial charge in [-0.15, -0.1) is 0 Å². The number of hydrogen-bond donors (Lipinski definition) is 12. The highest BCUT2D eigenvalue weighted by atomic mass is 16.8. The monoisotopic (exact) mass is 1250 g/mol. The van der Waals surface area contributed by atoms with Crippen molar-refractivity contribution < 1.29 is 89.4 Å². The maximum absolute atomic E-state index is 13.4. The molecule has 0 saturated carbocycles. The lowest BCUT2D eigenvalue weighted by Crippen LogP contribution is -2.66. The van der Waals surface area contributed by atoms with Gasteiger partial charge in [-0.3, -0.25) is 4.79 Å². The van der Waals surface area contributed by atoms with E-state index in [0.717, 1.165) is 77.0 Å². The second kappa shape index (κ2) is 51.0. The Hall–Kier alpha value is -2.51. The molecule has 17 unspecified atom stereocenters. The Morgan fingerprint density at radius 1 is 0.420 bits per heavy atom. The Balaban J connectivity index is 1.44. The van der Waals surface area contributed by atoms with E-state index < -0.39 is 124 Å². The molecular formula is C69H123NO18. The van der Waals surface area contributed by atoms with Gasteiger partial charge in [-0.1, -0.05) is 235 Å². The van der Waals surface area contributed by atoms with Crippen LogP contribution in [-0.4, -0.2) is 193 Å². The first kappa shape index (κ1) is 79.7. The van der Waals surface area contributed by atoms with Crippen molar-refractivity contribution in [3.63, 3.8) is 0 Å². The summed E-state index contributed by atoms with van der Waals surface area (Å²) >= 11 is 0. The molecule has 3 aliphatic heterocycles. The molecule has 3 heterocycles. The zero-order valence-electron chi connectivity index (χ0n) is 53.9. The van der Waals surface area contributed by atoms with E-state index >= 15 is 0 Å². The Labute approximate surface area is 528 Å². The van der Waals surface area contributed by atoms with E-state index in [0.29, 0.717) is 6.42 Å². The van der Waals surface area contributed by atoms with Crippen molar-refractivity contribution in [1.29, 1.82) is 0 Å². The number of aliphatic hydroxyl groups is 11. The highest BCUT2D eigenvalue weighted by molar-refractivity contribution is 5.76. The van der Waals surface area contributed by atoms with Crippen LogP contribution in [0.15, 0.2) is 60.8 Å². The van der Waals surface area contributed by atoms with Crippen LogP contribution in [0.25, 0.3) is 0 Å². The van der Waals surface area contributed by atoms with Crippen LogP contribution in [0.2, 0.25) is 0 Å². The van der Waals surface area contributed by atoms with E-state index in [1.165, 1.54) is 135 Å². The number of allylic oxidation sites excluding steroid dienone is 9. The molecule has 17 atom stereocenters. The molecular weight excluding hydrogens is 1130 g/mol. The van der Waals surface area contributed by atoms with Gasteiger partial charge in [-0.2, -0.15) is 0 Å². The zero-order valence-corrected chi connectivity index (χ0v) is 53.9. The molecule has 0 spiro atoms. The number of nitrogens with one attached hydrogen (secondary N) is 1. The van der Waals surface area contributed by atoms with Gasteiger partial charge in [0.05, 0.1) is 38.6 Å². The fourth-order valence-electron chi connectivity index (χ4n) is 11.5. The SMILES string of the molecule is CC/C=C\C/C=C\C/C=C\C/C=C\CCCCCCC(=O)NC(COC1OC(CO)C(OC2OC(CO)C(OC3OC(CO)C(O)C(O)C3O)C(O)C2O)C(O)C1O)C(O)/C=C/CCCCCCCCCCCCCCCCCCCCCCCCCC. The molecule has 0 aromatic carbocycles. The summed E-state index contributed by atoms with van der Waals surface area (Å²) in [7, 11) is 0. The largest absolute Gasteiger partial charge is 0.394 e. The van der Waals surface area contributed by atoms with Crippen molar-refractivity contribution in [2.24, 2.45) is 0 Å². The second-order valence-electron chi connectivity index (χ2n) is 24.6. The third-order valence-corrected chi connectivity index (χ3v) is 17.1. The number of hydrogen-bond acceptors (Lipinski definition) is 18. The van der Waals surface area contributed by atoms with Gasteiger partial charge in [0.25, 0.3) is 0 Å². The molecule has 3 fully saturated rings. The molecule has 3 rings (SSSR count). The van der Waals surface area contributed by atoms with Crippen LogP contribution in [0, 0.1) is 0 Å². The zero-order chi connectivity index (χ0) is 64.0. The number of unbranched alkanes of at least 4 members (excludes halogenated alkanes) is 28. The van der Waals surface area contributed by atoms with Crippen LogP contribution >= 0.6 is 0 Å². The van der Waals surface area contributed by atoms with Gasteiger partial charge in [0.2, 0.25) is 5.91 Å². The Morgan fingerprint density at radius 3 is 1.23 bits per heavy atom. The number of aliphatic hydroxyl groups excluding tert-OH is 11. The molecule has 3 saturated heterocycles. The smallest absolute Gasteiger partial charge is 0.220 e. The van der Waals surface area contributed by atoms with Gasteiger partial charge < -0.3 is 89.9 Å². The number of amides is 1. The average molecular weight is 1250 g/mol. The minimum Gasteiger partial charge on any atom is -0.394 e. The average Bonchev–Trinajstić information content (AvgIpc) is 3.72. The van der Waals surface area contributed by atoms with Crippen LogP contribution in [0.1, 0.15) is 239 Å². The maximum atomic E-state index is 13.4. The second-order valence-corrected chi connectivity index (χ2v) is 24.6. The number of ether oxygens (including phenoxy) is 6. The topological polar surface area (TPSA) is 307 Å². The summed E-state index contributed by atoms with van der Waals surface area (Å²) < 4.78 is 34.3. The Bertz CT molecular complexity index is 1830. The molecule has 0 bridgehead atoms. The van der Waals surface area contributed by atoms with Crippen molar-refractivity contribution in [1.82, 2.24) is 5.32 Å². The molecule has 19 heteroatoms. The van der Waals surface area contributed by atoms with E-state index in [9.17, 15) is 61.0 Å². The van der Waals surface area contributed by atoms with Gasteiger partial charge in [0.1, 0.15) is 73.2 Å². The highest BCUT2D eigenvalue weighted by Gasteiger charge is 2.53. The summed E-state index contributed by atoms with van der Waals surface area (Å²) in [4.78, 5) is 13.4. The summed E-state index contributed by atoms with van der Waals surface area (Å²) in [5, 5.41) is 120. The van der Waals surface area contributed by atoms with E-state index in [1.54, 1.807) is 6.08 Å². The standard InChI is InChI=1S/C69H123NO18/c1-3-5-7-9-11-13-15-17-19-21-22-23-24-25-26-27-28-29-31-32-34-36-38-40-42-44-46-53(74)52(70-57(75)47-45-43-41-39-37-35-33-30-20-18-16-14-12-10-8-6-4-2)51-83-67-63(81)60(78)65(55(49-72)85-67)88-69-64(82)61(79)66(56(50-73)86-69)87-68-62(80)59(77)58(76)54(48-71)84-68/h6,8,12,14,18,20,33,35,44,46,52-56,58-69,71-74,76-82H,3-5,7,9-11,13,15-17,19,21-32,34,36-43,45,47-51H2,1-2H3,(H,70,75)/b8-6-,14-12-,20-18-,35-33-,46-44+. The molecule has 0 aliphatic carbocycles. The molecule has 3 aliphatic rings. The fraction of sp³-hybridized carbons (Fsp3) is 0.841. The van der Waals surface area contributed by atoms with Crippen molar-refractivity contribution in [3.05, 3.63) is 60.8 Å². The molecule has 12 N–H and O–H groups in total. The minimum atomic E-state index is -1.98. The van der Waals surface area contributed by atoms with E-state index in [1.807, 2.05) is 6.08 Å². The van der Waals surface area contributed by atoms with Crippen LogP contribution in [0.3, 0.4) is 0 Å². The summed E-state index contributed by atoms with van der Waals surface area (Å²) in [5.74, 6) is -0.299. The summed E-state index contributed by atoms with van der Waals surface area (Å²) in [5.41, 5.74) is 0. The molecule has 512 valence electrons. The lowest BCUT2D eigenvalue weighted by Gasteiger charge is -2.48. The van der Waals surface area contributed by atoms with Gasteiger partial charge in [0, 0.05) is 6.42 Å². The van der Waals surface area contributed by atoms with Crippen molar-refractivity contribution in [3.8, 4) is 0 Å². The molecule has 0 aromatic heterocycles. The molecule has 0 radical (unpaired) electrons. The fourth-order valence-corrected chi connectivity index (χ4v) is 11.5. The number of carbonyl (C=O) groups is 1. The molecule has 1 amide bonds. The quantitative estimate of drug-likeness (QED) is 0.0200. The lowest BCUT2D eigenvalue weighted by molar-refractivity contribution is -0.379. The first-order valence-electron chi connectivity index (χ1n) is 34.5. The van der Waals surface area contributed by atoms with E-state index in [2.05, 4.69) is 67.8 Å². The summed E-state index contributed by atoms with van der Waals surface area (Å²) in [6, 6.07) is -0.989. The van der Waals surface area contributed by atoms with Crippen molar-refractivity contribution in [2.75, 3.05) is 26.4 Å². The maximum Gasteiger partial charge on any atom is 0.220 e. The van der Waals surface area contributed by atoms with E-state index in [4.69, 9.17) is 28.4 Å². The lowest BCUT2D eigenvalue weighted by atomic mass is 9.96. The first-order chi connectivity index (χ1) is 42.8. The van der Waals surface area contributed by atoms with Crippen molar-refractivity contribution in [2.45, 2.75) is 343 Å². The van der Waals surface area contributed by atoms with Gasteiger partial charge >= 0.3 is 0 Å². The van der Waals surface area contributed by atoms with Gasteiger partial charge in [0.15, 0.2) is 18.9 Å². The molecule has 88 heavy (non-hydrogen) atoms. The van der Waals surface area contributed by atoms with Gasteiger partial charge in [-0.25, -0.2) is 0 Å². The highest BCUT2D eigenvalue weighted by Crippen LogP contribution is 2.33. The van der Waals surface area contributed by atoms with E-state index in [-0.39, 0.29) is 18.9 Å².